The van der Waals surface area contributed by atoms with E-state index in [2.05, 4.69) is 0 Å². The summed E-state index contributed by atoms with van der Waals surface area (Å²) in [5.74, 6) is -1.02. The molecule has 58 valence electrons. The lowest BCUT2D eigenvalue weighted by Gasteiger charge is -1.96. The van der Waals surface area contributed by atoms with Crippen LogP contribution in [0, 0.1) is 0 Å². The molecule has 0 aliphatic rings. The third-order valence-electron chi connectivity index (χ3n) is 0.962. The Morgan fingerprint density at radius 2 is 2.30 bits per heavy atom. The van der Waals surface area contributed by atoms with Gasteiger partial charge in [0, 0.05) is 0 Å². The van der Waals surface area contributed by atoms with Gasteiger partial charge in [0.25, 0.3) is 0 Å². The fourth-order valence-electron chi connectivity index (χ4n) is 0.421. The molecular weight excluding hydrogens is 133 g/mol. The van der Waals surface area contributed by atoms with Crippen LogP contribution in [0.3, 0.4) is 0 Å². The van der Waals surface area contributed by atoms with Gasteiger partial charge >= 0.3 is 5.97 Å². The first-order valence-electron chi connectivity index (χ1n) is 3.03. The van der Waals surface area contributed by atoms with Crippen molar-refractivity contribution in [2.24, 2.45) is 11.5 Å². The van der Waals surface area contributed by atoms with Crippen LogP contribution in [0.2, 0.25) is 0 Å². The molecule has 10 heavy (non-hydrogen) atoms. The number of carboxylic acid groups (broad SMARTS) is 1. The van der Waals surface area contributed by atoms with Gasteiger partial charge in [0.15, 0.2) is 0 Å². The van der Waals surface area contributed by atoms with Crippen molar-refractivity contribution >= 4 is 5.97 Å². The second-order valence-corrected chi connectivity index (χ2v) is 1.87. The van der Waals surface area contributed by atoms with Gasteiger partial charge in [-0.2, -0.15) is 0 Å². The van der Waals surface area contributed by atoms with Gasteiger partial charge in [-0.3, -0.25) is 4.79 Å². The van der Waals surface area contributed by atoms with Crippen LogP contribution in [0.15, 0.2) is 12.2 Å². The van der Waals surface area contributed by atoms with E-state index in [1.807, 2.05) is 0 Å². The lowest BCUT2D eigenvalue weighted by Crippen LogP contribution is -2.27. The second kappa shape index (κ2) is 4.96. The first-order valence-corrected chi connectivity index (χ1v) is 3.03. The second-order valence-electron chi connectivity index (χ2n) is 1.87. The van der Waals surface area contributed by atoms with Gasteiger partial charge in [0.2, 0.25) is 0 Å². The van der Waals surface area contributed by atoms with Crippen LogP contribution in [-0.4, -0.2) is 23.7 Å². The van der Waals surface area contributed by atoms with Crippen LogP contribution in [-0.2, 0) is 4.79 Å². The molecule has 5 N–H and O–H groups in total. The average Bonchev–Trinajstić information content (AvgIpc) is 1.88. The molecule has 0 fully saturated rings. The quantitative estimate of drug-likeness (QED) is 0.360. The van der Waals surface area contributed by atoms with Crippen molar-refractivity contribution in [3.63, 3.8) is 0 Å². The van der Waals surface area contributed by atoms with Crippen molar-refractivity contribution in [3.05, 3.63) is 12.2 Å². The Kier molecular flexibility index (Phi) is 4.53. The van der Waals surface area contributed by atoms with Crippen molar-refractivity contribution in [1.82, 2.24) is 0 Å². The van der Waals surface area contributed by atoms with E-state index in [1.165, 1.54) is 6.08 Å². The van der Waals surface area contributed by atoms with Crippen LogP contribution < -0.4 is 11.5 Å². The zero-order valence-corrected chi connectivity index (χ0v) is 5.66. The van der Waals surface area contributed by atoms with E-state index < -0.39 is 12.0 Å². The third kappa shape index (κ3) is 4.05. The highest BCUT2D eigenvalue weighted by Gasteiger charge is 2.04. The van der Waals surface area contributed by atoms with E-state index in [1.54, 1.807) is 6.08 Å². The highest BCUT2D eigenvalue weighted by Crippen LogP contribution is 1.84. The number of carbonyl (C=O) groups is 1. The van der Waals surface area contributed by atoms with Crippen LogP contribution in [0.1, 0.15) is 6.42 Å². The molecule has 0 aromatic carbocycles. The molecule has 0 bridgehead atoms. The molecular formula is C6H12N2O2. The fourth-order valence-corrected chi connectivity index (χ4v) is 0.421. The molecule has 4 heteroatoms. The van der Waals surface area contributed by atoms with E-state index in [-0.39, 0.29) is 0 Å². The van der Waals surface area contributed by atoms with Crippen LogP contribution in [0.4, 0.5) is 0 Å². The lowest BCUT2D eigenvalue weighted by atomic mass is 10.3. The van der Waals surface area contributed by atoms with Crippen molar-refractivity contribution in [2.75, 3.05) is 6.54 Å². The van der Waals surface area contributed by atoms with Crippen LogP contribution >= 0.6 is 0 Å². The Bertz CT molecular complexity index is 134. The van der Waals surface area contributed by atoms with E-state index in [0.717, 1.165) is 0 Å². The summed E-state index contributed by atoms with van der Waals surface area (Å²) in [5, 5.41) is 8.27. The summed E-state index contributed by atoms with van der Waals surface area (Å²) < 4.78 is 0. The van der Waals surface area contributed by atoms with Gasteiger partial charge in [-0.1, -0.05) is 12.2 Å². The van der Waals surface area contributed by atoms with Gasteiger partial charge < -0.3 is 16.6 Å². The Morgan fingerprint density at radius 3 is 2.70 bits per heavy atom. The minimum absolute atomic E-state index is 0.517. The summed E-state index contributed by atoms with van der Waals surface area (Å²) in [6.07, 6.45) is 3.76. The number of carboxylic acids is 1. The molecule has 1 unspecified atom stereocenters. The summed E-state index contributed by atoms with van der Waals surface area (Å²) in [7, 11) is 0. The maximum absolute atomic E-state index is 10.1. The summed E-state index contributed by atoms with van der Waals surface area (Å²) in [6.45, 7) is 0.517. The molecule has 1 atom stereocenters. The zero-order valence-electron chi connectivity index (χ0n) is 5.66. The minimum Gasteiger partial charge on any atom is -0.480 e. The standard InChI is InChI=1S/C6H12N2O2/c7-4-2-1-3-5(8)6(9)10/h1,3,5H,2,4,7-8H2,(H,9,10)/i6+1. The van der Waals surface area contributed by atoms with Crippen molar-refractivity contribution < 1.29 is 9.90 Å². The number of nitrogens with two attached hydrogens (primary N) is 2. The molecule has 0 heterocycles. The Hall–Kier alpha value is -0.870. The molecule has 4 nitrogen and oxygen atoms in total. The number of hydrogen-bond donors (Lipinski definition) is 3. The Morgan fingerprint density at radius 1 is 1.70 bits per heavy atom. The Labute approximate surface area is 59.5 Å². The summed E-state index contributed by atoms with van der Waals surface area (Å²) >= 11 is 0. The first kappa shape index (κ1) is 9.13. The first-order chi connectivity index (χ1) is 4.68. The maximum Gasteiger partial charge on any atom is 0.324 e. The summed E-state index contributed by atoms with van der Waals surface area (Å²) in [6, 6.07) is -0.897. The van der Waals surface area contributed by atoms with Gasteiger partial charge in [0.05, 0.1) is 0 Å². The molecule has 0 saturated carbocycles. The monoisotopic (exact) mass is 145 g/mol. The third-order valence-corrected chi connectivity index (χ3v) is 0.962. The molecule has 0 saturated heterocycles. The van der Waals surface area contributed by atoms with Gasteiger partial charge in [-0.25, -0.2) is 0 Å². The predicted octanol–water partition coefficient (Wildman–Crippen LogP) is -0.697. The highest BCUT2D eigenvalue weighted by atomic mass is 16.5. The van der Waals surface area contributed by atoms with Crippen molar-refractivity contribution in [2.45, 2.75) is 12.5 Å². The molecule has 0 aromatic rings. The topological polar surface area (TPSA) is 89.3 Å². The molecule has 0 spiro atoms. The normalized spacial score (nSPS) is 13.8. The molecule has 0 amide bonds. The fraction of sp³-hybridized carbons (Fsp3) is 0.500. The van der Waals surface area contributed by atoms with E-state index in [4.69, 9.17) is 16.6 Å². The highest BCUT2D eigenvalue weighted by molar-refractivity contribution is 5.75. The molecule has 0 aliphatic carbocycles. The SMILES string of the molecule is NCCC=CC(N)[13C](=O)O. The average molecular weight is 145 g/mol. The lowest BCUT2D eigenvalue weighted by molar-refractivity contribution is -0.137. The van der Waals surface area contributed by atoms with E-state index >= 15 is 0 Å². The van der Waals surface area contributed by atoms with Gasteiger partial charge in [-0.05, 0) is 13.0 Å². The molecule has 0 aliphatic heterocycles. The predicted molar refractivity (Wildman–Crippen MR) is 38.4 cm³/mol. The largest absolute Gasteiger partial charge is 0.480 e. The Balaban J connectivity index is 3.55. The molecule has 0 aromatic heterocycles. The number of rotatable bonds is 4. The van der Waals surface area contributed by atoms with Gasteiger partial charge in [-0.15, -0.1) is 0 Å². The zero-order chi connectivity index (χ0) is 7.98. The van der Waals surface area contributed by atoms with E-state index in [0.29, 0.717) is 13.0 Å². The summed E-state index contributed by atoms with van der Waals surface area (Å²) in [5.41, 5.74) is 10.3. The van der Waals surface area contributed by atoms with Gasteiger partial charge in [0.1, 0.15) is 6.04 Å². The number of hydrogen-bond acceptors (Lipinski definition) is 3. The minimum atomic E-state index is -1.02. The summed E-state index contributed by atoms with van der Waals surface area (Å²) in [4.78, 5) is 10.1. The number of aliphatic carboxylic acids is 1. The maximum atomic E-state index is 10.1. The van der Waals surface area contributed by atoms with Crippen molar-refractivity contribution in [3.8, 4) is 0 Å². The van der Waals surface area contributed by atoms with Crippen LogP contribution in [0.5, 0.6) is 0 Å². The molecule has 0 radical (unpaired) electrons. The van der Waals surface area contributed by atoms with Crippen LogP contribution in [0.25, 0.3) is 0 Å². The smallest absolute Gasteiger partial charge is 0.324 e. The van der Waals surface area contributed by atoms with E-state index in [9.17, 15) is 4.79 Å². The molecule has 0 rings (SSSR count). The van der Waals surface area contributed by atoms with Crippen molar-refractivity contribution in [1.29, 1.82) is 0 Å².